The van der Waals surface area contributed by atoms with Gasteiger partial charge in [-0.3, -0.25) is 0 Å². The van der Waals surface area contributed by atoms with Crippen molar-refractivity contribution >= 4 is 22.6 Å². The zero-order valence-electron chi connectivity index (χ0n) is 11.3. The van der Waals surface area contributed by atoms with E-state index in [4.69, 9.17) is 4.42 Å². The predicted octanol–water partition coefficient (Wildman–Crippen LogP) is 5.19. The lowest BCUT2D eigenvalue weighted by Crippen LogP contribution is -1.94. The normalized spacial score (nSPS) is 12.5. The average Bonchev–Trinajstić information content (AvgIpc) is 2.86. The van der Waals surface area contributed by atoms with Crippen LogP contribution in [0.15, 0.2) is 40.9 Å². The van der Waals surface area contributed by atoms with Gasteiger partial charge in [-0.05, 0) is 24.8 Å². The third-order valence-electron chi connectivity index (χ3n) is 3.36. The van der Waals surface area contributed by atoms with Crippen LogP contribution in [-0.2, 0) is 6.42 Å². The lowest BCUT2D eigenvalue weighted by Gasteiger charge is -2.07. The molecule has 1 aromatic carbocycles. The Kier molecular flexibility index (Phi) is 5.89. The van der Waals surface area contributed by atoms with E-state index in [0.717, 1.165) is 16.1 Å². The molecular formula is C16H20INO. The maximum Gasteiger partial charge on any atom is 0.198 e. The van der Waals surface area contributed by atoms with Crippen LogP contribution in [0.5, 0.6) is 0 Å². The van der Waals surface area contributed by atoms with Crippen LogP contribution in [0, 0.1) is 3.77 Å². The molecule has 0 N–H and O–H groups in total. The third kappa shape index (κ3) is 4.97. The van der Waals surface area contributed by atoms with Crippen LogP contribution in [-0.4, -0.2) is 4.98 Å². The summed E-state index contributed by atoms with van der Waals surface area (Å²) < 4.78 is 6.43. The quantitative estimate of drug-likeness (QED) is 0.496. The maximum absolute atomic E-state index is 5.55. The van der Waals surface area contributed by atoms with Crippen molar-refractivity contribution in [1.82, 2.24) is 4.98 Å². The predicted molar refractivity (Wildman–Crippen MR) is 86.2 cm³/mol. The number of aryl methyl sites for hydroxylation is 1. The number of unbranched alkanes of at least 4 members (excludes halogenated alkanes) is 2. The largest absolute Gasteiger partial charge is 0.435 e. The van der Waals surface area contributed by atoms with Gasteiger partial charge in [0.15, 0.2) is 9.66 Å². The number of oxazole rings is 1. The summed E-state index contributed by atoms with van der Waals surface area (Å²) in [4.78, 5) is 4.29. The van der Waals surface area contributed by atoms with Crippen LogP contribution in [0.25, 0.3) is 0 Å². The number of nitrogens with zero attached hydrogens (tertiary/aromatic N) is 1. The summed E-state index contributed by atoms with van der Waals surface area (Å²) in [5, 5.41) is 0. The minimum Gasteiger partial charge on any atom is -0.435 e. The molecule has 1 aromatic heterocycles. The van der Waals surface area contributed by atoms with Gasteiger partial charge in [-0.1, -0.05) is 50.1 Å². The lowest BCUT2D eigenvalue weighted by atomic mass is 10.0. The number of hydrogen-bond acceptors (Lipinski definition) is 2. The number of hydrogen-bond donors (Lipinski definition) is 0. The molecule has 1 atom stereocenters. The summed E-state index contributed by atoms with van der Waals surface area (Å²) in [6.07, 6.45) is 7.92. The first-order valence-corrected chi connectivity index (χ1v) is 7.98. The molecule has 102 valence electrons. The van der Waals surface area contributed by atoms with Crippen molar-refractivity contribution in [3.63, 3.8) is 0 Å². The summed E-state index contributed by atoms with van der Waals surface area (Å²) in [7, 11) is 0. The Labute approximate surface area is 128 Å². The maximum atomic E-state index is 5.55. The molecule has 2 rings (SSSR count). The monoisotopic (exact) mass is 369 g/mol. The molecule has 0 aliphatic carbocycles. The van der Waals surface area contributed by atoms with Crippen molar-refractivity contribution in [2.45, 2.75) is 44.9 Å². The first-order chi connectivity index (χ1) is 9.25. The SMILES string of the molecule is CC(CCCCCc1ccccc1)c1ncc(I)o1. The summed E-state index contributed by atoms with van der Waals surface area (Å²) in [6.45, 7) is 2.19. The van der Waals surface area contributed by atoms with E-state index in [9.17, 15) is 0 Å². The van der Waals surface area contributed by atoms with Crippen molar-refractivity contribution in [3.05, 3.63) is 51.7 Å². The zero-order chi connectivity index (χ0) is 13.5. The van der Waals surface area contributed by atoms with Gasteiger partial charge in [-0.25, -0.2) is 4.98 Å². The van der Waals surface area contributed by atoms with E-state index in [1.165, 1.54) is 31.2 Å². The lowest BCUT2D eigenvalue weighted by molar-refractivity contribution is 0.421. The fourth-order valence-corrected chi connectivity index (χ4v) is 2.58. The molecule has 0 amide bonds. The van der Waals surface area contributed by atoms with Crippen LogP contribution in [0.2, 0.25) is 0 Å². The van der Waals surface area contributed by atoms with Crippen molar-refractivity contribution in [2.24, 2.45) is 0 Å². The summed E-state index contributed by atoms with van der Waals surface area (Å²) >= 11 is 2.16. The average molecular weight is 369 g/mol. The smallest absolute Gasteiger partial charge is 0.198 e. The molecule has 0 aliphatic heterocycles. The number of rotatable bonds is 7. The molecule has 1 heterocycles. The summed E-state index contributed by atoms with van der Waals surface area (Å²) in [5.41, 5.74) is 1.44. The Morgan fingerprint density at radius 3 is 2.63 bits per heavy atom. The van der Waals surface area contributed by atoms with E-state index in [2.05, 4.69) is 64.8 Å². The van der Waals surface area contributed by atoms with Gasteiger partial charge in [0.05, 0.1) is 6.20 Å². The molecule has 0 spiro atoms. The fourth-order valence-electron chi connectivity index (χ4n) is 2.22. The van der Waals surface area contributed by atoms with E-state index in [-0.39, 0.29) is 0 Å². The van der Waals surface area contributed by atoms with Crippen LogP contribution < -0.4 is 0 Å². The molecule has 1 unspecified atom stereocenters. The summed E-state index contributed by atoms with van der Waals surface area (Å²) in [5.74, 6) is 1.31. The minimum atomic E-state index is 0.431. The van der Waals surface area contributed by atoms with Gasteiger partial charge in [0.25, 0.3) is 0 Å². The first kappa shape index (κ1) is 14.6. The third-order valence-corrected chi connectivity index (χ3v) is 3.86. The summed E-state index contributed by atoms with van der Waals surface area (Å²) in [6, 6.07) is 10.7. The number of aromatic nitrogens is 1. The second-order valence-corrected chi connectivity index (χ2v) is 6.05. The van der Waals surface area contributed by atoms with Crippen LogP contribution in [0.3, 0.4) is 0 Å². The molecule has 0 fully saturated rings. The molecule has 0 saturated carbocycles. The van der Waals surface area contributed by atoms with Gasteiger partial charge in [-0.15, -0.1) is 0 Å². The van der Waals surface area contributed by atoms with E-state index >= 15 is 0 Å². The Balaban J connectivity index is 1.62. The molecule has 0 bridgehead atoms. The molecular weight excluding hydrogens is 349 g/mol. The molecule has 2 aromatic rings. The first-order valence-electron chi connectivity index (χ1n) is 6.91. The highest BCUT2D eigenvalue weighted by atomic mass is 127. The number of benzene rings is 1. The van der Waals surface area contributed by atoms with Crippen LogP contribution in [0.1, 0.15) is 50.0 Å². The van der Waals surface area contributed by atoms with Crippen molar-refractivity contribution in [3.8, 4) is 0 Å². The molecule has 0 aliphatic rings. The Bertz CT molecular complexity index is 481. The van der Waals surface area contributed by atoms with Gasteiger partial charge in [0, 0.05) is 28.5 Å². The zero-order valence-corrected chi connectivity index (χ0v) is 13.5. The van der Waals surface area contributed by atoms with Crippen LogP contribution >= 0.6 is 22.6 Å². The Hall–Kier alpha value is -0.840. The molecule has 0 saturated heterocycles. The van der Waals surface area contributed by atoms with E-state index in [1.807, 2.05) is 0 Å². The van der Waals surface area contributed by atoms with E-state index in [0.29, 0.717) is 5.92 Å². The van der Waals surface area contributed by atoms with Crippen molar-refractivity contribution in [2.75, 3.05) is 0 Å². The van der Waals surface area contributed by atoms with Gasteiger partial charge in [0.2, 0.25) is 0 Å². The molecule has 19 heavy (non-hydrogen) atoms. The minimum absolute atomic E-state index is 0.431. The highest BCUT2D eigenvalue weighted by Crippen LogP contribution is 2.22. The number of halogens is 1. The Morgan fingerprint density at radius 2 is 1.95 bits per heavy atom. The Morgan fingerprint density at radius 1 is 1.16 bits per heavy atom. The van der Waals surface area contributed by atoms with E-state index in [1.54, 1.807) is 6.20 Å². The standard InChI is InChI=1S/C16H20INO/c1-13(16-18-12-15(17)19-16)8-4-2-5-9-14-10-6-3-7-11-14/h3,6-7,10-13H,2,4-5,8-9H2,1H3. The second kappa shape index (κ2) is 7.68. The molecule has 2 nitrogen and oxygen atoms in total. The van der Waals surface area contributed by atoms with Gasteiger partial charge in [0.1, 0.15) is 0 Å². The van der Waals surface area contributed by atoms with Gasteiger partial charge >= 0.3 is 0 Å². The fraction of sp³-hybridized carbons (Fsp3) is 0.438. The molecule has 3 heteroatoms. The van der Waals surface area contributed by atoms with Gasteiger partial charge < -0.3 is 4.42 Å². The molecule has 0 radical (unpaired) electrons. The van der Waals surface area contributed by atoms with Crippen LogP contribution in [0.4, 0.5) is 0 Å². The topological polar surface area (TPSA) is 26.0 Å². The highest BCUT2D eigenvalue weighted by Gasteiger charge is 2.11. The van der Waals surface area contributed by atoms with Gasteiger partial charge in [-0.2, -0.15) is 0 Å². The second-order valence-electron chi connectivity index (χ2n) is 4.99. The highest BCUT2D eigenvalue weighted by molar-refractivity contribution is 14.1. The van der Waals surface area contributed by atoms with E-state index < -0.39 is 0 Å². The van der Waals surface area contributed by atoms with Crippen molar-refractivity contribution in [1.29, 1.82) is 0 Å². The van der Waals surface area contributed by atoms with Crippen molar-refractivity contribution < 1.29 is 4.42 Å².